The largest absolute Gasteiger partial charge is 0.504 e. The molecule has 2 aromatic rings. The monoisotopic (exact) mass is 354 g/mol. The van der Waals surface area contributed by atoms with Crippen LogP contribution >= 0.6 is 0 Å². The predicted octanol–water partition coefficient (Wildman–Crippen LogP) is 2.93. The molecule has 2 aliphatic rings. The van der Waals surface area contributed by atoms with Crippen molar-refractivity contribution in [3.63, 3.8) is 0 Å². The molecule has 0 unspecified atom stereocenters. The van der Waals surface area contributed by atoms with E-state index in [0.717, 1.165) is 22.6 Å². The molecule has 0 aliphatic carbocycles. The lowest BCUT2D eigenvalue weighted by Crippen LogP contribution is -2.07. The molecule has 1 fully saturated rings. The van der Waals surface area contributed by atoms with E-state index in [2.05, 4.69) is 0 Å². The van der Waals surface area contributed by atoms with E-state index < -0.39 is 0 Å². The number of benzene rings is 2. The van der Waals surface area contributed by atoms with E-state index in [1.165, 1.54) is 7.11 Å². The van der Waals surface area contributed by atoms with E-state index in [1.54, 1.807) is 24.3 Å². The van der Waals surface area contributed by atoms with Crippen LogP contribution in [-0.2, 0) is 16.0 Å². The molecular formula is C20H18O6. The van der Waals surface area contributed by atoms with Crippen LogP contribution < -0.4 is 14.2 Å². The fraction of sp³-hybridized carbons (Fsp3) is 0.250. The molecule has 6 nitrogen and oxygen atoms in total. The molecule has 2 aliphatic heterocycles. The lowest BCUT2D eigenvalue weighted by molar-refractivity contribution is -0.135. The molecule has 0 amide bonds. The highest BCUT2D eigenvalue weighted by atomic mass is 16.7. The first-order valence-corrected chi connectivity index (χ1v) is 8.28. The molecule has 1 N–H and O–H groups in total. The number of esters is 1. The van der Waals surface area contributed by atoms with Crippen LogP contribution in [0.5, 0.6) is 23.0 Å². The predicted molar refractivity (Wildman–Crippen MR) is 93.4 cm³/mol. The number of phenolic OH excluding ortho intramolecular Hbond substituents is 1. The van der Waals surface area contributed by atoms with Crippen LogP contribution in [0.3, 0.4) is 0 Å². The van der Waals surface area contributed by atoms with Crippen LogP contribution in [0.2, 0.25) is 0 Å². The quantitative estimate of drug-likeness (QED) is 0.672. The van der Waals surface area contributed by atoms with Gasteiger partial charge in [0.2, 0.25) is 6.79 Å². The third kappa shape index (κ3) is 3.06. The van der Waals surface area contributed by atoms with Crippen molar-refractivity contribution in [2.24, 2.45) is 5.92 Å². The Morgan fingerprint density at radius 2 is 2.00 bits per heavy atom. The van der Waals surface area contributed by atoms with Crippen molar-refractivity contribution in [1.29, 1.82) is 0 Å². The summed E-state index contributed by atoms with van der Waals surface area (Å²) in [5, 5.41) is 9.71. The van der Waals surface area contributed by atoms with Gasteiger partial charge in [-0.3, -0.25) is 0 Å². The van der Waals surface area contributed by atoms with Crippen molar-refractivity contribution in [1.82, 2.24) is 0 Å². The van der Waals surface area contributed by atoms with Crippen LogP contribution in [0, 0.1) is 5.92 Å². The standard InChI is InChI=1S/C20H18O6/c1-23-18-8-13(2-4-16(18)21)7-15-14(10-24-20(15)22)6-12-3-5-17-19(9-12)26-11-25-17/h2-5,7-9,14,21H,6,10-11H2,1H3/t14-/m0/s1. The highest BCUT2D eigenvalue weighted by molar-refractivity contribution is 5.96. The van der Waals surface area contributed by atoms with Gasteiger partial charge in [0, 0.05) is 11.5 Å². The van der Waals surface area contributed by atoms with E-state index in [9.17, 15) is 9.90 Å². The Kier molecular flexibility index (Phi) is 4.16. The van der Waals surface area contributed by atoms with E-state index in [4.69, 9.17) is 18.9 Å². The van der Waals surface area contributed by atoms with Gasteiger partial charge in [0.05, 0.1) is 13.7 Å². The van der Waals surface area contributed by atoms with Crippen molar-refractivity contribution < 1.29 is 28.8 Å². The third-order valence-corrected chi connectivity index (χ3v) is 4.54. The van der Waals surface area contributed by atoms with Gasteiger partial charge in [-0.1, -0.05) is 12.1 Å². The van der Waals surface area contributed by atoms with Gasteiger partial charge in [0.1, 0.15) is 0 Å². The Morgan fingerprint density at radius 3 is 2.85 bits per heavy atom. The van der Waals surface area contributed by atoms with Crippen LogP contribution in [0.1, 0.15) is 11.1 Å². The smallest absolute Gasteiger partial charge is 0.334 e. The maximum Gasteiger partial charge on any atom is 0.334 e. The third-order valence-electron chi connectivity index (χ3n) is 4.54. The Balaban J connectivity index is 1.59. The summed E-state index contributed by atoms with van der Waals surface area (Å²) < 4.78 is 21.1. The number of methoxy groups -OCH3 is 1. The molecule has 2 heterocycles. The lowest BCUT2D eigenvalue weighted by atomic mass is 9.92. The number of carbonyl (C=O) groups is 1. The maximum absolute atomic E-state index is 12.2. The number of carbonyl (C=O) groups excluding carboxylic acids is 1. The van der Waals surface area contributed by atoms with Gasteiger partial charge >= 0.3 is 5.97 Å². The SMILES string of the molecule is COc1cc(C=C2C(=O)OC[C@@H]2Cc2ccc3c(c2)OCO3)ccc1O. The second-order valence-corrected chi connectivity index (χ2v) is 6.22. The average Bonchev–Trinajstić information content (AvgIpc) is 3.24. The van der Waals surface area contributed by atoms with Crippen molar-refractivity contribution in [3.8, 4) is 23.0 Å². The Morgan fingerprint density at radius 1 is 1.15 bits per heavy atom. The summed E-state index contributed by atoms with van der Waals surface area (Å²) >= 11 is 0. The fourth-order valence-electron chi connectivity index (χ4n) is 3.18. The highest BCUT2D eigenvalue weighted by Crippen LogP contribution is 2.35. The van der Waals surface area contributed by atoms with E-state index >= 15 is 0 Å². The molecule has 0 radical (unpaired) electrons. The van der Waals surface area contributed by atoms with Crippen molar-refractivity contribution in [3.05, 3.63) is 53.1 Å². The zero-order chi connectivity index (χ0) is 18.1. The van der Waals surface area contributed by atoms with Crippen molar-refractivity contribution in [2.75, 3.05) is 20.5 Å². The first kappa shape index (κ1) is 16.3. The number of rotatable bonds is 4. The van der Waals surface area contributed by atoms with Crippen molar-refractivity contribution in [2.45, 2.75) is 6.42 Å². The summed E-state index contributed by atoms with van der Waals surface area (Å²) in [6.07, 6.45) is 2.44. The molecule has 26 heavy (non-hydrogen) atoms. The molecule has 6 heteroatoms. The minimum absolute atomic E-state index is 0.0531. The lowest BCUT2D eigenvalue weighted by Gasteiger charge is -2.10. The second kappa shape index (κ2) is 6.63. The number of phenols is 1. The number of aromatic hydroxyl groups is 1. The first-order valence-electron chi connectivity index (χ1n) is 8.28. The van der Waals surface area contributed by atoms with Crippen LogP contribution in [0.25, 0.3) is 6.08 Å². The number of hydrogen-bond donors (Lipinski definition) is 1. The molecule has 4 rings (SSSR count). The number of cyclic esters (lactones) is 1. The minimum Gasteiger partial charge on any atom is -0.504 e. The molecule has 2 aromatic carbocycles. The summed E-state index contributed by atoms with van der Waals surface area (Å²) in [7, 11) is 1.48. The zero-order valence-electron chi connectivity index (χ0n) is 14.2. The summed E-state index contributed by atoms with van der Waals surface area (Å²) in [5.74, 6) is 1.50. The Labute approximate surface area is 150 Å². The van der Waals surface area contributed by atoms with Crippen LogP contribution in [0.4, 0.5) is 0 Å². The fourth-order valence-corrected chi connectivity index (χ4v) is 3.18. The van der Waals surface area contributed by atoms with E-state index in [1.807, 2.05) is 18.2 Å². The highest BCUT2D eigenvalue weighted by Gasteiger charge is 2.31. The van der Waals surface area contributed by atoms with E-state index in [0.29, 0.717) is 24.4 Å². The minimum atomic E-state index is -0.317. The summed E-state index contributed by atoms with van der Waals surface area (Å²) in [4.78, 5) is 12.2. The van der Waals surface area contributed by atoms with Crippen LogP contribution in [-0.4, -0.2) is 31.6 Å². The molecule has 0 saturated carbocycles. The second-order valence-electron chi connectivity index (χ2n) is 6.22. The summed E-state index contributed by atoms with van der Waals surface area (Å²) in [5.41, 5.74) is 2.42. The van der Waals surface area contributed by atoms with Gasteiger partial charge in [-0.15, -0.1) is 0 Å². The molecule has 0 bridgehead atoms. The first-order chi connectivity index (χ1) is 12.6. The molecular weight excluding hydrogens is 336 g/mol. The normalized spacial score (nSPS) is 19.7. The maximum atomic E-state index is 12.2. The molecule has 0 spiro atoms. The Bertz CT molecular complexity index is 886. The summed E-state index contributed by atoms with van der Waals surface area (Å²) in [6, 6.07) is 10.7. The molecule has 1 saturated heterocycles. The van der Waals surface area contributed by atoms with Gasteiger partial charge in [0.25, 0.3) is 0 Å². The number of ether oxygens (including phenoxy) is 4. The van der Waals surface area contributed by atoms with Gasteiger partial charge in [-0.2, -0.15) is 0 Å². The topological polar surface area (TPSA) is 74.2 Å². The van der Waals surface area contributed by atoms with Crippen LogP contribution in [0.15, 0.2) is 42.0 Å². The molecule has 0 aromatic heterocycles. The van der Waals surface area contributed by atoms with Gasteiger partial charge in [-0.05, 0) is 47.9 Å². The molecule has 134 valence electrons. The Hall–Kier alpha value is -3.15. The zero-order valence-corrected chi connectivity index (χ0v) is 14.2. The van der Waals surface area contributed by atoms with E-state index in [-0.39, 0.29) is 24.4 Å². The van der Waals surface area contributed by atoms with Crippen molar-refractivity contribution >= 4 is 12.0 Å². The number of hydrogen-bond acceptors (Lipinski definition) is 6. The van der Waals surface area contributed by atoms with Gasteiger partial charge in [0.15, 0.2) is 23.0 Å². The number of fused-ring (bicyclic) bond motifs is 1. The molecule has 1 atom stereocenters. The summed E-state index contributed by atoms with van der Waals surface area (Å²) in [6.45, 7) is 0.575. The van der Waals surface area contributed by atoms with Gasteiger partial charge < -0.3 is 24.1 Å². The average molecular weight is 354 g/mol. The van der Waals surface area contributed by atoms with Gasteiger partial charge in [-0.25, -0.2) is 4.79 Å².